The van der Waals surface area contributed by atoms with E-state index < -0.39 is 5.91 Å². The first kappa shape index (κ1) is 17.3. The molecule has 0 saturated carbocycles. The number of carbonyl (C=O) groups is 1. The number of carbonyl (C=O) groups excluding carboxylic acids is 1. The number of phenols is 1. The van der Waals surface area contributed by atoms with E-state index in [0.717, 1.165) is 6.54 Å². The molecule has 124 valence electrons. The van der Waals surface area contributed by atoms with E-state index in [1.807, 2.05) is 25.1 Å². The number of fused-ring (bicyclic) bond motifs is 1. The third-order valence-corrected chi connectivity index (χ3v) is 3.46. The predicted molar refractivity (Wildman–Crippen MR) is 94.5 cm³/mol. The van der Waals surface area contributed by atoms with Crippen molar-refractivity contribution in [3.63, 3.8) is 0 Å². The van der Waals surface area contributed by atoms with Gasteiger partial charge < -0.3 is 20.6 Å². The Morgan fingerprint density at radius 2 is 1.96 bits per heavy atom. The van der Waals surface area contributed by atoms with Gasteiger partial charge in [0.15, 0.2) is 0 Å². The largest absolute Gasteiger partial charge is 0.507 e. The summed E-state index contributed by atoms with van der Waals surface area (Å²) in [6.07, 6.45) is 1.42. The molecule has 0 saturated heterocycles. The number of aromatic hydroxyl groups is 1. The maximum atomic E-state index is 12.3. The molecule has 0 unspecified atom stereocenters. The molecule has 2 rings (SSSR count). The molecule has 0 aliphatic carbocycles. The Morgan fingerprint density at radius 1 is 1.25 bits per heavy atom. The Kier molecular flexibility index (Phi) is 5.77. The molecule has 0 spiro atoms. The van der Waals surface area contributed by atoms with E-state index in [4.69, 9.17) is 0 Å². The second-order valence-electron chi connectivity index (χ2n) is 5.56. The second kappa shape index (κ2) is 7.99. The number of hydrogen-bond donors (Lipinski definition) is 3. The highest BCUT2D eigenvalue weighted by molar-refractivity contribution is 6.11. The maximum Gasteiger partial charge on any atom is 0.267 e. The van der Waals surface area contributed by atoms with Crippen molar-refractivity contribution in [1.82, 2.24) is 10.2 Å². The van der Waals surface area contributed by atoms with Crippen LogP contribution in [0.5, 0.6) is 5.75 Å². The molecule has 0 bridgehead atoms. The van der Waals surface area contributed by atoms with E-state index in [9.17, 15) is 15.2 Å². The minimum Gasteiger partial charge on any atom is -0.507 e. The first-order valence-corrected chi connectivity index (χ1v) is 7.53. The monoisotopic (exact) mass is 324 g/mol. The Bertz CT molecular complexity index is 806. The molecule has 0 radical (unpaired) electrons. The minimum absolute atomic E-state index is 0.00841. The number of benzene rings is 2. The molecule has 6 nitrogen and oxygen atoms in total. The Morgan fingerprint density at radius 3 is 2.67 bits per heavy atom. The maximum absolute atomic E-state index is 12.3. The van der Waals surface area contributed by atoms with Crippen LogP contribution < -0.4 is 10.6 Å². The Hall–Kier alpha value is -3.04. The quantitative estimate of drug-likeness (QED) is 0.430. The molecule has 1 amide bonds. The summed E-state index contributed by atoms with van der Waals surface area (Å²) in [7, 11) is 3.89. The number of amides is 1. The van der Waals surface area contributed by atoms with Gasteiger partial charge >= 0.3 is 0 Å². The fraction of sp³-hybridized carbons (Fsp3) is 0.222. The highest BCUT2D eigenvalue weighted by Crippen LogP contribution is 2.29. The number of hydrogen-bond acceptors (Lipinski definition) is 5. The summed E-state index contributed by atoms with van der Waals surface area (Å²) >= 11 is 0. The topological polar surface area (TPSA) is 88.4 Å². The number of phenolic OH excluding ortho intramolecular Hbond substituents is 1. The molecule has 0 aliphatic rings. The Labute approximate surface area is 141 Å². The van der Waals surface area contributed by atoms with Gasteiger partial charge in [0.05, 0.1) is 0 Å². The molecule has 3 N–H and O–H groups in total. The lowest BCUT2D eigenvalue weighted by atomic mass is 10.1. The zero-order chi connectivity index (χ0) is 17.5. The number of likely N-dealkylation sites (N-methyl/N-ethyl adjacent to an activating group) is 1. The van der Waals surface area contributed by atoms with E-state index in [0.29, 0.717) is 23.0 Å². The van der Waals surface area contributed by atoms with Crippen LogP contribution in [0.2, 0.25) is 0 Å². The predicted octanol–water partition coefficient (Wildman–Crippen LogP) is 2.04. The zero-order valence-electron chi connectivity index (χ0n) is 13.7. The smallest absolute Gasteiger partial charge is 0.267 e. The van der Waals surface area contributed by atoms with E-state index >= 15 is 0 Å². The fourth-order valence-electron chi connectivity index (χ4n) is 2.20. The van der Waals surface area contributed by atoms with Crippen LogP contribution >= 0.6 is 0 Å². The van der Waals surface area contributed by atoms with Crippen molar-refractivity contribution >= 4 is 22.4 Å². The summed E-state index contributed by atoms with van der Waals surface area (Å²) in [4.78, 5) is 14.3. The number of nitrogens with one attached hydrogen (secondary N) is 2. The molecular formula is C18H20N4O2. The van der Waals surface area contributed by atoms with E-state index in [-0.39, 0.29) is 11.3 Å². The number of rotatable bonds is 6. The molecular weight excluding hydrogens is 304 g/mol. The summed E-state index contributed by atoms with van der Waals surface area (Å²) in [5.74, 6) is -0.351. The van der Waals surface area contributed by atoms with Gasteiger partial charge in [-0.05, 0) is 26.2 Å². The fourth-order valence-corrected chi connectivity index (χ4v) is 2.20. The van der Waals surface area contributed by atoms with Crippen LogP contribution in [-0.2, 0) is 4.79 Å². The average Bonchev–Trinajstić information content (AvgIpc) is 2.55. The van der Waals surface area contributed by atoms with Crippen molar-refractivity contribution in [2.24, 2.45) is 0 Å². The zero-order valence-corrected chi connectivity index (χ0v) is 13.7. The van der Waals surface area contributed by atoms with Gasteiger partial charge in [-0.15, -0.1) is 0 Å². The minimum atomic E-state index is -0.495. The van der Waals surface area contributed by atoms with Gasteiger partial charge in [0.2, 0.25) is 0 Å². The van der Waals surface area contributed by atoms with Gasteiger partial charge in [0.1, 0.15) is 17.4 Å². The lowest BCUT2D eigenvalue weighted by molar-refractivity contribution is -0.112. The van der Waals surface area contributed by atoms with Gasteiger partial charge in [-0.2, -0.15) is 5.26 Å². The van der Waals surface area contributed by atoms with Crippen molar-refractivity contribution in [2.45, 2.75) is 0 Å². The highest BCUT2D eigenvalue weighted by atomic mass is 16.3. The standard InChI is InChI=1S/C18H20N4O2/c1-22(2)10-9-20-12-13(11-19)18(24)21-16-7-3-6-15-14(16)5-4-8-17(15)23/h3-8,12,20,23H,9-10H2,1-2H3,(H,21,24)/b13-12-. The summed E-state index contributed by atoms with van der Waals surface area (Å²) in [5, 5.41) is 26.1. The van der Waals surface area contributed by atoms with Crippen molar-refractivity contribution < 1.29 is 9.90 Å². The molecule has 2 aromatic rings. The van der Waals surface area contributed by atoms with Gasteiger partial charge in [-0.25, -0.2) is 0 Å². The van der Waals surface area contributed by atoms with Crippen LogP contribution in [0.4, 0.5) is 5.69 Å². The number of nitriles is 1. The SMILES string of the molecule is CN(C)CCN/C=C(/C#N)C(=O)Nc1cccc2c(O)cccc12. The van der Waals surface area contributed by atoms with Gasteiger partial charge in [-0.3, -0.25) is 4.79 Å². The molecule has 0 atom stereocenters. The first-order chi connectivity index (χ1) is 11.5. The highest BCUT2D eigenvalue weighted by Gasteiger charge is 2.11. The molecule has 24 heavy (non-hydrogen) atoms. The van der Waals surface area contributed by atoms with Crippen LogP contribution in [0.15, 0.2) is 48.2 Å². The molecule has 0 aromatic heterocycles. The van der Waals surface area contributed by atoms with Crippen molar-refractivity contribution in [2.75, 3.05) is 32.5 Å². The number of nitrogens with zero attached hydrogens (tertiary/aromatic N) is 2. The second-order valence-corrected chi connectivity index (χ2v) is 5.56. The van der Waals surface area contributed by atoms with Gasteiger partial charge in [-0.1, -0.05) is 24.3 Å². The first-order valence-electron chi connectivity index (χ1n) is 7.53. The van der Waals surface area contributed by atoms with Crippen LogP contribution in [-0.4, -0.2) is 43.1 Å². The van der Waals surface area contributed by atoms with Gasteiger partial charge in [0, 0.05) is 35.7 Å². The van der Waals surface area contributed by atoms with E-state index in [2.05, 4.69) is 10.6 Å². The summed E-state index contributed by atoms with van der Waals surface area (Å²) in [6, 6.07) is 12.2. The average molecular weight is 324 g/mol. The van der Waals surface area contributed by atoms with Crippen LogP contribution in [0, 0.1) is 11.3 Å². The normalized spacial score (nSPS) is 11.3. The molecule has 0 aliphatic heterocycles. The molecule has 6 heteroatoms. The van der Waals surface area contributed by atoms with Crippen LogP contribution in [0.3, 0.4) is 0 Å². The summed E-state index contributed by atoms with van der Waals surface area (Å²) in [6.45, 7) is 1.42. The summed E-state index contributed by atoms with van der Waals surface area (Å²) in [5.41, 5.74) is 0.536. The molecule has 0 fully saturated rings. The van der Waals surface area contributed by atoms with Crippen LogP contribution in [0.1, 0.15) is 0 Å². The van der Waals surface area contributed by atoms with Crippen LogP contribution in [0.25, 0.3) is 10.8 Å². The molecule has 0 heterocycles. The van der Waals surface area contributed by atoms with E-state index in [1.165, 1.54) is 6.20 Å². The lowest BCUT2D eigenvalue weighted by Crippen LogP contribution is -2.24. The number of anilines is 1. The third kappa shape index (κ3) is 4.24. The van der Waals surface area contributed by atoms with Crippen molar-refractivity contribution in [3.05, 3.63) is 48.2 Å². The van der Waals surface area contributed by atoms with Gasteiger partial charge in [0.25, 0.3) is 5.91 Å². The van der Waals surface area contributed by atoms with E-state index in [1.54, 1.807) is 36.4 Å². The lowest BCUT2D eigenvalue weighted by Gasteiger charge is -2.10. The Balaban J connectivity index is 2.15. The van der Waals surface area contributed by atoms with Crippen molar-refractivity contribution in [3.8, 4) is 11.8 Å². The molecule has 2 aromatic carbocycles. The van der Waals surface area contributed by atoms with Crippen molar-refractivity contribution in [1.29, 1.82) is 5.26 Å². The summed E-state index contributed by atoms with van der Waals surface area (Å²) < 4.78 is 0. The third-order valence-electron chi connectivity index (χ3n) is 3.46.